The van der Waals surface area contributed by atoms with Crippen LogP contribution in [0.5, 0.6) is 5.75 Å². The molecule has 4 aromatic rings. The molecule has 1 N–H and O–H groups in total. The van der Waals surface area contributed by atoms with Crippen LogP contribution in [-0.4, -0.2) is 38.8 Å². The summed E-state index contributed by atoms with van der Waals surface area (Å²) in [5.74, 6) is -0.468. The van der Waals surface area contributed by atoms with Gasteiger partial charge in [-0.15, -0.1) is 0 Å². The lowest BCUT2D eigenvalue weighted by molar-refractivity contribution is -0.119. The van der Waals surface area contributed by atoms with Crippen molar-refractivity contribution in [3.8, 4) is 11.4 Å². The highest BCUT2D eigenvalue weighted by atomic mass is 79.9. The molecule has 11 heteroatoms. The first kappa shape index (κ1) is 29.0. The van der Waals surface area contributed by atoms with Crippen LogP contribution in [-0.2, 0) is 14.8 Å². The molecule has 0 bridgehead atoms. The van der Waals surface area contributed by atoms with Crippen molar-refractivity contribution < 1.29 is 22.3 Å². The van der Waals surface area contributed by atoms with E-state index >= 15 is 0 Å². The van der Waals surface area contributed by atoms with Crippen molar-refractivity contribution in [1.82, 2.24) is 9.99 Å². The minimum atomic E-state index is -4.12. The summed E-state index contributed by atoms with van der Waals surface area (Å²) in [6.07, 6.45) is 1.49. The lowest BCUT2D eigenvalue weighted by atomic mass is 10.2. The van der Waals surface area contributed by atoms with Gasteiger partial charge in [0.2, 0.25) is 0 Å². The van der Waals surface area contributed by atoms with Crippen molar-refractivity contribution >= 4 is 43.8 Å². The van der Waals surface area contributed by atoms with E-state index in [9.17, 15) is 17.6 Å². The number of carbonyl (C=O) groups excluding carboxylic acids is 1. The zero-order valence-electron chi connectivity index (χ0n) is 22.4. The standard InChI is InChI=1S/C29H28BrFN4O4S/c1-19-5-9-24(10-6-19)34(40(37,38)26-13-14-28(39-4)27(30)16-26)18-29(36)33-32-17-22-15-20(2)35(21(22)3)25-11-7-23(31)8-12-25/h5-17H,18H2,1-4H3,(H,33,36)/b32-17+. The molecule has 0 unspecified atom stereocenters. The third-order valence-corrected chi connectivity index (χ3v) is 8.66. The van der Waals surface area contributed by atoms with Crippen LogP contribution in [0.2, 0.25) is 0 Å². The van der Waals surface area contributed by atoms with E-state index in [1.54, 1.807) is 36.4 Å². The molecule has 0 saturated carbocycles. The number of nitrogens with one attached hydrogen (secondary N) is 1. The molecule has 0 atom stereocenters. The summed E-state index contributed by atoms with van der Waals surface area (Å²) in [5, 5.41) is 4.07. The van der Waals surface area contributed by atoms with Gasteiger partial charge in [-0.25, -0.2) is 18.2 Å². The van der Waals surface area contributed by atoms with Crippen molar-refractivity contribution in [2.24, 2.45) is 5.10 Å². The number of carbonyl (C=O) groups is 1. The predicted octanol–water partition coefficient (Wildman–Crippen LogP) is 5.66. The largest absolute Gasteiger partial charge is 0.496 e. The first-order valence-corrected chi connectivity index (χ1v) is 14.4. The molecule has 208 valence electrons. The predicted molar refractivity (Wildman–Crippen MR) is 157 cm³/mol. The fraction of sp³-hybridized carbons (Fsp3) is 0.172. The first-order chi connectivity index (χ1) is 19.0. The monoisotopic (exact) mass is 626 g/mol. The number of methoxy groups -OCH3 is 1. The van der Waals surface area contributed by atoms with Crippen LogP contribution in [0.15, 0.2) is 87.3 Å². The molecule has 0 fully saturated rings. The van der Waals surface area contributed by atoms with Gasteiger partial charge in [0.15, 0.2) is 0 Å². The molecular weight excluding hydrogens is 599 g/mol. The number of aryl methyl sites for hydroxylation is 2. The van der Waals surface area contributed by atoms with E-state index < -0.39 is 22.5 Å². The number of hydrogen-bond donors (Lipinski definition) is 1. The second-order valence-electron chi connectivity index (χ2n) is 9.08. The van der Waals surface area contributed by atoms with Crippen molar-refractivity contribution in [2.75, 3.05) is 18.0 Å². The Morgan fingerprint density at radius 1 is 1.05 bits per heavy atom. The number of nitrogens with zero attached hydrogens (tertiary/aromatic N) is 3. The highest BCUT2D eigenvalue weighted by Gasteiger charge is 2.28. The Hall–Kier alpha value is -3.96. The normalized spacial score (nSPS) is 11.6. The first-order valence-electron chi connectivity index (χ1n) is 12.2. The average Bonchev–Trinajstić information content (AvgIpc) is 3.20. The van der Waals surface area contributed by atoms with E-state index in [1.165, 1.54) is 43.7 Å². The van der Waals surface area contributed by atoms with E-state index in [1.807, 2.05) is 31.4 Å². The van der Waals surface area contributed by atoms with Gasteiger partial charge < -0.3 is 9.30 Å². The maximum Gasteiger partial charge on any atom is 0.264 e. The number of rotatable bonds is 9. The number of halogens is 2. The van der Waals surface area contributed by atoms with Crippen LogP contribution in [0.25, 0.3) is 5.69 Å². The number of hydrogen-bond acceptors (Lipinski definition) is 5. The second-order valence-corrected chi connectivity index (χ2v) is 11.8. The molecule has 0 aliphatic carbocycles. The summed E-state index contributed by atoms with van der Waals surface area (Å²) < 4.78 is 49.3. The highest BCUT2D eigenvalue weighted by Crippen LogP contribution is 2.31. The third-order valence-electron chi connectivity index (χ3n) is 6.27. The van der Waals surface area contributed by atoms with Gasteiger partial charge in [-0.3, -0.25) is 9.10 Å². The van der Waals surface area contributed by atoms with Gasteiger partial charge in [-0.2, -0.15) is 5.10 Å². The number of anilines is 1. The Kier molecular flexibility index (Phi) is 8.75. The van der Waals surface area contributed by atoms with Crippen LogP contribution in [0.4, 0.5) is 10.1 Å². The lowest BCUT2D eigenvalue weighted by Gasteiger charge is -2.24. The Bertz CT molecular complexity index is 1670. The third kappa shape index (κ3) is 6.26. The van der Waals surface area contributed by atoms with E-state index in [2.05, 4.69) is 26.5 Å². The topological polar surface area (TPSA) is 93.0 Å². The van der Waals surface area contributed by atoms with Crippen LogP contribution < -0.4 is 14.5 Å². The molecule has 0 spiro atoms. The number of ether oxygens (including phenoxy) is 1. The SMILES string of the molecule is COc1ccc(S(=O)(=O)N(CC(=O)N/N=C/c2cc(C)n(-c3ccc(F)cc3)c2C)c2ccc(C)cc2)cc1Br. The number of aromatic nitrogens is 1. The fourth-order valence-corrected chi connectivity index (χ4v) is 6.35. The highest BCUT2D eigenvalue weighted by molar-refractivity contribution is 9.10. The molecular formula is C29H28BrFN4O4S. The number of amides is 1. The molecule has 3 aromatic carbocycles. The quantitative estimate of drug-likeness (QED) is 0.192. The summed E-state index contributed by atoms with van der Waals surface area (Å²) in [6, 6.07) is 19.3. The average molecular weight is 628 g/mol. The van der Waals surface area contributed by atoms with Crippen LogP contribution in [0.1, 0.15) is 22.5 Å². The Morgan fingerprint density at radius 3 is 2.35 bits per heavy atom. The van der Waals surface area contributed by atoms with Crippen molar-refractivity contribution in [2.45, 2.75) is 25.7 Å². The van der Waals surface area contributed by atoms with Crippen LogP contribution in [0, 0.1) is 26.6 Å². The van der Waals surface area contributed by atoms with Gasteiger partial charge in [0.05, 0.1) is 28.4 Å². The molecule has 8 nitrogen and oxygen atoms in total. The summed E-state index contributed by atoms with van der Waals surface area (Å²) in [4.78, 5) is 12.9. The maximum absolute atomic E-state index is 13.7. The van der Waals surface area contributed by atoms with Crippen molar-refractivity contribution in [3.05, 3.63) is 106 Å². The van der Waals surface area contributed by atoms with Crippen LogP contribution in [0.3, 0.4) is 0 Å². The van der Waals surface area contributed by atoms with Crippen molar-refractivity contribution in [1.29, 1.82) is 0 Å². The molecule has 1 amide bonds. The van der Waals surface area contributed by atoms with Gasteiger partial charge in [-0.05, 0) is 97.4 Å². The van der Waals surface area contributed by atoms with Crippen LogP contribution >= 0.6 is 15.9 Å². The minimum absolute atomic E-state index is 0.00900. The summed E-state index contributed by atoms with van der Waals surface area (Å²) in [6.45, 7) is 5.19. The minimum Gasteiger partial charge on any atom is -0.496 e. The summed E-state index contributed by atoms with van der Waals surface area (Å²) >= 11 is 3.33. The molecule has 0 aliphatic heterocycles. The van der Waals surface area contributed by atoms with Gasteiger partial charge in [0, 0.05) is 22.6 Å². The molecule has 1 aromatic heterocycles. The molecule has 0 aliphatic rings. The van der Waals surface area contributed by atoms with E-state index in [0.717, 1.165) is 32.5 Å². The number of benzene rings is 3. The molecule has 40 heavy (non-hydrogen) atoms. The lowest BCUT2D eigenvalue weighted by Crippen LogP contribution is -2.39. The maximum atomic E-state index is 13.7. The smallest absolute Gasteiger partial charge is 0.264 e. The van der Waals surface area contributed by atoms with E-state index in [-0.39, 0.29) is 10.7 Å². The summed E-state index contributed by atoms with van der Waals surface area (Å²) in [5.41, 5.74) is 7.00. The number of hydrazone groups is 1. The Labute approximate surface area is 241 Å². The van der Waals surface area contributed by atoms with Gasteiger partial charge >= 0.3 is 0 Å². The Morgan fingerprint density at radius 2 is 1.73 bits per heavy atom. The summed E-state index contributed by atoms with van der Waals surface area (Å²) in [7, 11) is -2.64. The second kappa shape index (κ2) is 12.1. The van der Waals surface area contributed by atoms with Gasteiger partial charge in [0.1, 0.15) is 18.1 Å². The Balaban J connectivity index is 1.56. The number of sulfonamides is 1. The molecule has 1 heterocycles. The van der Waals surface area contributed by atoms with Gasteiger partial charge in [-0.1, -0.05) is 17.7 Å². The zero-order valence-corrected chi connectivity index (χ0v) is 24.8. The molecule has 0 saturated heterocycles. The van der Waals surface area contributed by atoms with Crippen molar-refractivity contribution in [3.63, 3.8) is 0 Å². The zero-order chi connectivity index (χ0) is 29.0. The molecule has 0 radical (unpaired) electrons. The fourth-order valence-electron chi connectivity index (χ4n) is 4.21. The van der Waals surface area contributed by atoms with E-state index in [0.29, 0.717) is 15.9 Å². The molecule has 4 rings (SSSR count). The van der Waals surface area contributed by atoms with Gasteiger partial charge in [0.25, 0.3) is 15.9 Å². The van der Waals surface area contributed by atoms with E-state index in [4.69, 9.17) is 4.74 Å².